The zero-order chi connectivity index (χ0) is 78.4. The van der Waals surface area contributed by atoms with Crippen molar-refractivity contribution in [1.82, 2.24) is 19.6 Å². The SMILES string of the molecule is CCCCCCCCC(CCCCCC)CN1C(=O)C2=C(c3ccc(Br)s3)N(CC(CCCCCC)CCCCCCCC)C(=O)C2=C1c1ccc(Br)o1.CCCCCCCCC(CCCCCC)CN1C(=O)C2=C(c3cccs3)N(CC(CCCCCC)CCCCCCCC)C(=O)C2=C1c1ccco1.[B]=NS. The second kappa shape index (κ2) is 55.5. The molecule has 0 N–H and O–H groups in total. The Morgan fingerprint density at radius 2 is 0.661 bits per heavy atom. The number of carbonyl (C=O) groups excluding carboxylic acids is 4. The van der Waals surface area contributed by atoms with Gasteiger partial charge in [-0.2, -0.15) is 0 Å². The van der Waals surface area contributed by atoms with Gasteiger partial charge in [0.2, 0.25) is 0 Å². The Morgan fingerprint density at radius 3 is 0.936 bits per heavy atom. The van der Waals surface area contributed by atoms with E-state index in [0.29, 0.717) is 99.7 Å². The number of rotatable bonds is 60. The van der Waals surface area contributed by atoms with Crippen LogP contribution in [-0.4, -0.2) is 77.0 Å². The summed E-state index contributed by atoms with van der Waals surface area (Å²) in [5.74, 6) is 2.70. The van der Waals surface area contributed by atoms with E-state index >= 15 is 9.59 Å². The third-order valence-corrected chi connectivity index (χ3v) is 25.9. The Kier molecular flexibility index (Phi) is 47.8. The average molecular weight is 1680 g/mol. The fourth-order valence-corrected chi connectivity index (χ4v) is 19.4. The van der Waals surface area contributed by atoms with Crippen LogP contribution in [-0.2, 0) is 19.2 Å². The maximum atomic E-state index is 15.0. The molecule has 8 rings (SSSR count). The number of furan rings is 2. The van der Waals surface area contributed by atoms with Gasteiger partial charge in [0, 0.05) is 26.2 Å². The summed E-state index contributed by atoms with van der Waals surface area (Å²) in [6, 6.07) is 15.9. The Balaban J connectivity index is 0.000000329. The van der Waals surface area contributed by atoms with Crippen LogP contribution in [0.5, 0.6) is 0 Å². The molecule has 11 nitrogen and oxygen atoms in total. The maximum absolute atomic E-state index is 15.0. The van der Waals surface area contributed by atoms with Crippen molar-refractivity contribution >= 4 is 121 Å². The van der Waals surface area contributed by atoms with Crippen molar-refractivity contribution in [3.05, 3.63) is 112 Å². The molecule has 17 heteroatoms. The molecule has 0 spiro atoms. The molecule has 0 aliphatic carbocycles. The molecule has 4 aliphatic rings. The van der Waals surface area contributed by atoms with Crippen molar-refractivity contribution in [2.75, 3.05) is 26.2 Å². The number of unbranched alkanes of at least 4 members (excludes halogenated alkanes) is 32. The summed E-state index contributed by atoms with van der Waals surface area (Å²) in [7, 11) is 4.34. The van der Waals surface area contributed by atoms with E-state index < -0.39 is 0 Å². The van der Waals surface area contributed by atoms with E-state index in [-0.39, 0.29) is 23.6 Å². The molecule has 4 amide bonds. The molecule has 4 unspecified atom stereocenters. The van der Waals surface area contributed by atoms with Gasteiger partial charge in [-0.05, 0) is 155 Å². The topological polar surface area (TPSA) is 120 Å². The van der Waals surface area contributed by atoms with E-state index in [2.05, 4.69) is 130 Å². The summed E-state index contributed by atoms with van der Waals surface area (Å²) >= 11 is 13.7. The summed E-state index contributed by atoms with van der Waals surface area (Å²) in [6.45, 7) is 20.7. The Morgan fingerprint density at radius 1 is 0.367 bits per heavy atom. The summed E-state index contributed by atoms with van der Waals surface area (Å²) in [5.41, 5.74) is 5.29. The minimum atomic E-state index is -0.0418. The summed E-state index contributed by atoms with van der Waals surface area (Å²) in [6.07, 6.45) is 60.7. The molecule has 0 fully saturated rings. The molecule has 0 saturated heterocycles. The monoisotopic (exact) mass is 1680 g/mol. The first-order valence-electron chi connectivity index (χ1n) is 44.2. The van der Waals surface area contributed by atoms with Crippen molar-refractivity contribution in [3.63, 3.8) is 0 Å². The standard InChI is InChI=1S/C46H70Br2N2O3S.C46H72N2O3S.BHNS/c1-5-9-13-17-19-23-27-35(25-21-15-11-7-3)33-49-43(37-29-31-39(47)53-37)41-42(46(49)52)44(38-30-32-40(48)54-38)50(45(41)51)34-36(26-22-16-12-8-4)28-24-20-18-14-10-6-2;1-5-9-13-17-19-23-29-37(27-21-15-11-7-3)35-47-43(39-31-25-33-51-39)41-42(46(47)50)44(40-32-26-34-52-40)48(45(41)49)36-38(28-22-16-12-8-4)30-24-20-18-14-10-6-2;1-2-3/h29-32,35-36H,5-28,33-34H2,1-4H3;25-26,31-34,37-38H,5-24,27-30,35-36H2,1-4H3;3H. The number of hydrogen-bond acceptors (Lipinski definition) is 10. The number of fused-ring (bicyclic) bond motifs is 2. The van der Waals surface area contributed by atoms with Crippen LogP contribution in [0.25, 0.3) is 22.8 Å². The van der Waals surface area contributed by atoms with Crippen molar-refractivity contribution in [1.29, 1.82) is 0 Å². The van der Waals surface area contributed by atoms with E-state index in [0.717, 1.165) is 76.3 Å². The normalized spacial score (nSPS) is 15.5. The van der Waals surface area contributed by atoms with Gasteiger partial charge in [-0.1, -0.05) is 318 Å². The van der Waals surface area contributed by atoms with Crippen LogP contribution in [0.2, 0.25) is 0 Å². The van der Waals surface area contributed by atoms with E-state index in [1.165, 1.54) is 257 Å². The first-order chi connectivity index (χ1) is 53.3. The molecule has 4 aromatic rings. The van der Waals surface area contributed by atoms with Gasteiger partial charge in [0.15, 0.2) is 16.2 Å². The van der Waals surface area contributed by atoms with Crippen molar-refractivity contribution in [2.24, 2.45) is 28.0 Å². The molecular weight excluding hydrogens is 1540 g/mol. The number of carbonyl (C=O) groups is 4. The first-order valence-corrected chi connectivity index (χ1v) is 47.9. The number of hydrogen-bond donors (Lipinski definition) is 1. The number of thiol groups is 1. The first kappa shape index (κ1) is 93.8. The summed E-state index contributed by atoms with van der Waals surface area (Å²) in [5, 5.41) is 2.07. The van der Waals surface area contributed by atoms with Gasteiger partial charge in [-0.25, -0.2) is 0 Å². The van der Waals surface area contributed by atoms with Gasteiger partial charge < -0.3 is 28.4 Å². The molecule has 0 bridgehead atoms. The quantitative estimate of drug-likeness (QED) is 0.0267. The number of nitrogens with zero attached hydrogens (tertiary/aromatic N) is 5. The fraction of sp³-hybridized carbons (Fsp3) is 0.696. The Labute approximate surface area is 693 Å². The Hall–Kier alpha value is -4.03. The van der Waals surface area contributed by atoms with E-state index in [4.69, 9.17) is 8.83 Å². The molecule has 607 valence electrons. The fourth-order valence-electron chi connectivity index (χ4n) is 16.9. The molecule has 109 heavy (non-hydrogen) atoms. The average Bonchev–Trinajstić information content (AvgIpc) is 1.56. The van der Waals surface area contributed by atoms with Gasteiger partial charge in [0.05, 0.1) is 53.5 Å². The second-order valence-electron chi connectivity index (χ2n) is 31.9. The van der Waals surface area contributed by atoms with E-state index in [9.17, 15) is 9.59 Å². The Bertz CT molecular complexity index is 3140. The predicted octanol–water partition coefficient (Wildman–Crippen LogP) is 29.4. The van der Waals surface area contributed by atoms with Gasteiger partial charge >= 0.3 is 24.8 Å². The van der Waals surface area contributed by atoms with Crippen molar-refractivity contribution < 1.29 is 28.0 Å². The van der Waals surface area contributed by atoms with Crippen LogP contribution >= 0.6 is 67.3 Å². The van der Waals surface area contributed by atoms with Gasteiger partial charge in [-0.15, -0.1) is 22.7 Å². The van der Waals surface area contributed by atoms with Crippen molar-refractivity contribution in [3.8, 4) is 0 Å². The molecule has 0 saturated carbocycles. The number of thiophene rings is 2. The van der Waals surface area contributed by atoms with Crippen LogP contribution in [0.15, 0.2) is 104 Å². The molecule has 4 aliphatic heterocycles. The summed E-state index contributed by atoms with van der Waals surface area (Å²) < 4.78 is 16.6. The zero-order valence-electron chi connectivity index (χ0n) is 69.1. The number of amides is 4. The molecule has 4 aromatic heterocycles. The van der Waals surface area contributed by atoms with E-state index in [1.54, 1.807) is 28.9 Å². The van der Waals surface area contributed by atoms with Gasteiger partial charge in [0.1, 0.15) is 11.4 Å². The minimum absolute atomic E-state index is 0.0161. The molecule has 1 radical (unpaired) electrons. The second-order valence-corrected chi connectivity index (χ2v) is 36.3. The molecule has 4 atom stereocenters. The molecule has 0 aromatic carbocycles. The van der Waals surface area contributed by atoms with Crippen molar-refractivity contribution in [2.45, 2.75) is 364 Å². The van der Waals surface area contributed by atoms with Crippen LogP contribution < -0.4 is 0 Å². The van der Waals surface area contributed by atoms with E-state index in [1.807, 2.05) is 56.0 Å². The van der Waals surface area contributed by atoms with Crippen LogP contribution in [0, 0.1) is 23.7 Å². The van der Waals surface area contributed by atoms with Crippen LogP contribution in [0.4, 0.5) is 0 Å². The summed E-state index contributed by atoms with van der Waals surface area (Å²) in [4.78, 5) is 69.7. The van der Waals surface area contributed by atoms with Crippen LogP contribution in [0.3, 0.4) is 0 Å². The molecule has 8 heterocycles. The van der Waals surface area contributed by atoms with Gasteiger partial charge in [0.25, 0.3) is 23.6 Å². The van der Waals surface area contributed by atoms with Crippen LogP contribution in [0.1, 0.15) is 385 Å². The van der Waals surface area contributed by atoms with Gasteiger partial charge in [-0.3, -0.25) is 19.2 Å². The third-order valence-electron chi connectivity index (χ3n) is 23.0. The third kappa shape index (κ3) is 30.6. The predicted molar refractivity (Wildman–Crippen MR) is 474 cm³/mol. The zero-order valence-corrected chi connectivity index (χ0v) is 74.8. The number of halogens is 2. The molecular formula is C92H143BBr2N5O6S3.